The lowest BCUT2D eigenvalue weighted by atomic mass is 10.1. The molecule has 6 nitrogen and oxygen atoms in total. The number of amides is 3. The van der Waals surface area contributed by atoms with Gasteiger partial charge in [-0.05, 0) is 25.7 Å². The summed E-state index contributed by atoms with van der Waals surface area (Å²) in [6, 6.07) is -0.827. The summed E-state index contributed by atoms with van der Waals surface area (Å²) in [5, 5.41) is 2.85. The van der Waals surface area contributed by atoms with Crippen LogP contribution in [0.4, 0.5) is 0 Å². The fraction of sp³-hybridized carbons (Fsp3) is 0.800. The van der Waals surface area contributed by atoms with Crippen LogP contribution in [0.3, 0.4) is 0 Å². The van der Waals surface area contributed by atoms with Gasteiger partial charge in [0.2, 0.25) is 17.7 Å². The third-order valence-electron chi connectivity index (χ3n) is 4.38. The summed E-state index contributed by atoms with van der Waals surface area (Å²) in [5.74, 6) is -0.0925. The molecule has 0 spiro atoms. The van der Waals surface area contributed by atoms with Crippen molar-refractivity contribution in [1.82, 2.24) is 15.1 Å². The largest absolute Gasteiger partial charge is 0.354 e. The third-order valence-corrected chi connectivity index (χ3v) is 4.38. The Morgan fingerprint density at radius 2 is 2.05 bits per heavy atom. The molecular formula is C15H25N3O3. The van der Waals surface area contributed by atoms with Gasteiger partial charge in [-0.25, -0.2) is 0 Å². The minimum Gasteiger partial charge on any atom is -0.354 e. The molecule has 6 heteroatoms. The topological polar surface area (TPSA) is 69.7 Å². The van der Waals surface area contributed by atoms with E-state index in [1.54, 1.807) is 9.80 Å². The Morgan fingerprint density at radius 1 is 1.29 bits per heavy atom. The van der Waals surface area contributed by atoms with Gasteiger partial charge in [0.25, 0.3) is 0 Å². The van der Waals surface area contributed by atoms with Crippen LogP contribution in [0.5, 0.6) is 0 Å². The minimum absolute atomic E-state index is 0.0579. The number of rotatable bonds is 4. The van der Waals surface area contributed by atoms with Gasteiger partial charge in [0.05, 0.1) is 0 Å². The maximum absolute atomic E-state index is 12.9. The number of carbonyl (C=O) groups excluding carboxylic acids is 3. The van der Waals surface area contributed by atoms with Crippen molar-refractivity contribution in [2.75, 3.05) is 19.6 Å². The highest BCUT2D eigenvalue weighted by molar-refractivity contribution is 5.92. The highest BCUT2D eigenvalue weighted by Crippen LogP contribution is 2.20. The number of hydrogen-bond acceptors (Lipinski definition) is 3. The predicted molar refractivity (Wildman–Crippen MR) is 78.4 cm³/mol. The molecule has 0 aromatic heterocycles. The standard InChI is InChI=1S/C15H25N3O3/c1-3-11-14(20)16-8-6-10-18(11)15(21)12(4-2)17-9-5-7-13(17)19/h11-12H,3-10H2,1-2H3,(H,16,20)/t11-,12?/m1/s1. The fourth-order valence-electron chi connectivity index (χ4n) is 3.26. The molecule has 0 radical (unpaired) electrons. The molecule has 0 bridgehead atoms. The first-order chi connectivity index (χ1) is 10.1. The molecule has 2 rings (SSSR count). The molecule has 2 fully saturated rings. The lowest BCUT2D eigenvalue weighted by molar-refractivity contribution is -0.147. The zero-order valence-electron chi connectivity index (χ0n) is 12.9. The van der Waals surface area contributed by atoms with Crippen molar-refractivity contribution < 1.29 is 14.4 Å². The normalized spacial score (nSPS) is 24.8. The van der Waals surface area contributed by atoms with E-state index in [9.17, 15) is 14.4 Å². The molecule has 3 amide bonds. The Hall–Kier alpha value is -1.59. The smallest absolute Gasteiger partial charge is 0.246 e. The first-order valence-electron chi connectivity index (χ1n) is 7.97. The Balaban J connectivity index is 2.18. The average Bonchev–Trinajstić information content (AvgIpc) is 2.79. The molecule has 2 heterocycles. The average molecular weight is 295 g/mol. The Labute approximate surface area is 125 Å². The van der Waals surface area contributed by atoms with Gasteiger partial charge >= 0.3 is 0 Å². The summed E-state index contributed by atoms with van der Waals surface area (Å²) < 4.78 is 0. The van der Waals surface area contributed by atoms with Crippen molar-refractivity contribution in [2.24, 2.45) is 0 Å². The quantitative estimate of drug-likeness (QED) is 0.822. The molecule has 118 valence electrons. The van der Waals surface area contributed by atoms with E-state index in [4.69, 9.17) is 0 Å². The molecule has 2 aliphatic heterocycles. The highest BCUT2D eigenvalue weighted by Gasteiger charge is 2.38. The van der Waals surface area contributed by atoms with E-state index >= 15 is 0 Å². The van der Waals surface area contributed by atoms with E-state index in [0.29, 0.717) is 38.9 Å². The molecule has 1 N–H and O–H groups in total. The van der Waals surface area contributed by atoms with Gasteiger partial charge in [-0.1, -0.05) is 13.8 Å². The fourth-order valence-corrected chi connectivity index (χ4v) is 3.26. The van der Waals surface area contributed by atoms with Crippen molar-refractivity contribution in [2.45, 2.75) is 58.0 Å². The van der Waals surface area contributed by atoms with Crippen LogP contribution in [0.15, 0.2) is 0 Å². The van der Waals surface area contributed by atoms with Crippen LogP contribution >= 0.6 is 0 Å². The van der Waals surface area contributed by atoms with Crippen LogP contribution < -0.4 is 5.32 Å². The second kappa shape index (κ2) is 6.91. The third kappa shape index (κ3) is 3.19. The summed E-state index contributed by atoms with van der Waals surface area (Å²) in [6.07, 6.45) is 3.31. The van der Waals surface area contributed by atoms with Crippen LogP contribution in [-0.2, 0) is 14.4 Å². The van der Waals surface area contributed by atoms with Crippen LogP contribution in [-0.4, -0.2) is 59.2 Å². The number of carbonyl (C=O) groups is 3. The van der Waals surface area contributed by atoms with Gasteiger partial charge in [0, 0.05) is 26.1 Å². The van der Waals surface area contributed by atoms with Crippen LogP contribution in [0.25, 0.3) is 0 Å². The lowest BCUT2D eigenvalue weighted by Crippen LogP contribution is -2.54. The van der Waals surface area contributed by atoms with Gasteiger partial charge in [0.1, 0.15) is 12.1 Å². The van der Waals surface area contributed by atoms with Crippen LogP contribution in [0, 0.1) is 0 Å². The monoisotopic (exact) mass is 295 g/mol. The Kier molecular flexibility index (Phi) is 5.20. The Bertz CT molecular complexity index is 424. The van der Waals surface area contributed by atoms with E-state index < -0.39 is 12.1 Å². The van der Waals surface area contributed by atoms with Crippen molar-refractivity contribution in [1.29, 1.82) is 0 Å². The maximum Gasteiger partial charge on any atom is 0.246 e. The number of nitrogens with zero attached hydrogens (tertiary/aromatic N) is 2. The zero-order chi connectivity index (χ0) is 15.4. The second-order valence-corrected chi connectivity index (χ2v) is 5.71. The van der Waals surface area contributed by atoms with Crippen molar-refractivity contribution in [3.8, 4) is 0 Å². The number of nitrogens with one attached hydrogen (secondary N) is 1. The molecule has 2 aliphatic rings. The number of hydrogen-bond donors (Lipinski definition) is 1. The highest BCUT2D eigenvalue weighted by atomic mass is 16.2. The van der Waals surface area contributed by atoms with E-state index in [-0.39, 0.29) is 17.7 Å². The SMILES string of the molecule is CCC(C(=O)N1CCCNC(=O)[C@H]1CC)N1CCCC1=O. The molecular weight excluding hydrogens is 270 g/mol. The van der Waals surface area contributed by atoms with E-state index in [2.05, 4.69) is 5.32 Å². The maximum atomic E-state index is 12.9. The van der Waals surface area contributed by atoms with Gasteiger partial charge < -0.3 is 15.1 Å². The van der Waals surface area contributed by atoms with Gasteiger partial charge in [-0.2, -0.15) is 0 Å². The van der Waals surface area contributed by atoms with Gasteiger partial charge in [-0.15, -0.1) is 0 Å². The summed E-state index contributed by atoms with van der Waals surface area (Å²) in [5.41, 5.74) is 0. The number of likely N-dealkylation sites (tertiary alicyclic amines) is 1. The van der Waals surface area contributed by atoms with Crippen molar-refractivity contribution in [3.63, 3.8) is 0 Å². The second-order valence-electron chi connectivity index (χ2n) is 5.71. The zero-order valence-corrected chi connectivity index (χ0v) is 12.9. The van der Waals surface area contributed by atoms with Crippen molar-refractivity contribution in [3.05, 3.63) is 0 Å². The minimum atomic E-state index is -0.417. The molecule has 0 aromatic carbocycles. The van der Waals surface area contributed by atoms with Crippen LogP contribution in [0.2, 0.25) is 0 Å². The van der Waals surface area contributed by atoms with Gasteiger partial charge in [0.15, 0.2) is 0 Å². The molecule has 1 unspecified atom stereocenters. The summed E-state index contributed by atoms with van der Waals surface area (Å²) in [7, 11) is 0. The molecule has 0 aliphatic carbocycles. The van der Waals surface area contributed by atoms with E-state index in [1.165, 1.54) is 0 Å². The lowest BCUT2D eigenvalue weighted by Gasteiger charge is -2.34. The van der Waals surface area contributed by atoms with Crippen LogP contribution in [0.1, 0.15) is 46.0 Å². The summed E-state index contributed by atoms with van der Waals surface area (Å²) in [4.78, 5) is 40.2. The van der Waals surface area contributed by atoms with Gasteiger partial charge in [-0.3, -0.25) is 14.4 Å². The van der Waals surface area contributed by atoms with E-state index in [0.717, 1.165) is 12.8 Å². The summed E-state index contributed by atoms with van der Waals surface area (Å²) in [6.45, 7) is 5.68. The molecule has 0 aromatic rings. The van der Waals surface area contributed by atoms with E-state index in [1.807, 2.05) is 13.8 Å². The first-order valence-corrected chi connectivity index (χ1v) is 7.97. The molecule has 2 saturated heterocycles. The predicted octanol–water partition coefficient (Wildman–Crippen LogP) is 0.515. The Morgan fingerprint density at radius 3 is 2.62 bits per heavy atom. The molecule has 0 saturated carbocycles. The van der Waals surface area contributed by atoms with Crippen molar-refractivity contribution >= 4 is 17.7 Å². The first kappa shape index (κ1) is 15.8. The molecule has 2 atom stereocenters. The molecule has 21 heavy (non-hydrogen) atoms. The summed E-state index contributed by atoms with van der Waals surface area (Å²) >= 11 is 0.